The summed E-state index contributed by atoms with van der Waals surface area (Å²) in [5.74, 6) is 0. The molecule has 2 aliphatic carbocycles. The van der Waals surface area contributed by atoms with E-state index >= 15 is 0 Å². The van der Waals surface area contributed by atoms with Gasteiger partial charge < -0.3 is 0 Å². The van der Waals surface area contributed by atoms with Gasteiger partial charge in [0.1, 0.15) is 12.2 Å². The van der Waals surface area contributed by atoms with Gasteiger partial charge in [0.25, 0.3) is 0 Å². The molecule has 1 nitrogen and oxygen atoms in total. The van der Waals surface area contributed by atoms with Crippen LogP contribution in [0.15, 0.2) is 0 Å². The maximum atomic E-state index is 10.1. The molecule has 1 atom stereocenters. The van der Waals surface area contributed by atoms with Gasteiger partial charge in [0.2, 0.25) is 0 Å². The van der Waals surface area contributed by atoms with Crippen molar-refractivity contribution in [1.29, 1.82) is 0 Å². The van der Waals surface area contributed by atoms with Crippen LogP contribution in [-0.4, -0.2) is 15.4 Å². The topological polar surface area (TPSA) is 20.2 Å². The third-order valence-corrected chi connectivity index (χ3v) is 11.3. The lowest BCUT2D eigenvalue weighted by atomic mass is 10.00. The van der Waals surface area contributed by atoms with Crippen LogP contribution in [0.1, 0.15) is 64.2 Å². The Hall–Kier alpha value is 0.960. The summed E-state index contributed by atoms with van der Waals surface area (Å²) in [6.07, 6.45) is 12.8. The predicted octanol–water partition coefficient (Wildman–Crippen LogP) is 4.42. The molecule has 2 saturated carbocycles. The third kappa shape index (κ3) is 3.48. The molecule has 2 aliphatic rings. The highest BCUT2D eigenvalue weighted by atomic mass is 32.9. The summed E-state index contributed by atoms with van der Waals surface area (Å²) >= 11 is 4.45. The highest BCUT2D eigenvalue weighted by molar-refractivity contribution is 8.61. The molecule has 0 aromatic heterocycles. The van der Waals surface area contributed by atoms with Crippen molar-refractivity contribution in [3.63, 3.8) is 0 Å². The first-order valence-electron chi connectivity index (χ1n) is 6.69. The van der Waals surface area contributed by atoms with Gasteiger partial charge in [-0.3, -0.25) is 0 Å². The van der Waals surface area contributed by atoms with Crippen molar-refractivity contribution in [1.82, 2.24) is 0 Å². The van der Waals surface area contributed by atoms with Crippen LogP contribution < -0.4 is 0 Å². The van der Waals surface area contributed by atoms with Gasteiger partial charge in [-0.2, -0.15) is 4.89 Å². The number of rotatable bonds is 2. The van der Waals surface area contributed by atoms with Crippen molar-refractivity contribution in [2.75, 3.05) is 0 Å². The first-order chi connectivity index (χ1) is 7.79. The van der Waals surface area contributed by atoms with E-state index in [1.807, 2.05) is 0 Å². The molecule has 0 aromatic rings. The molecule has 2 rings (SSSR count). The molecule has 0 aromatic carbocycles. The number of hydrogen-bond donors (Lipinski definition) is 2. The number of thiol groups is 1. The van der Waals surface area contributed by atoms with E-state index in [-0.39, 0.29) is 10.1 Å². The summed E-state index contributed by atoms with van der Waals surface area (Å²) in [7, 11) is 0.235. The molecule has 4 heteroatoms. The fourth-order valence-electron chi connectivity index (χ4n) is 3.15. The van der Waals surface area contributed by atoms with Crippen molar-refractivity contribution < 1.29 is 4.89 Å². The van der Waals surface area contributed by atoms with Gasteiger partial charge in [0, 0.05) is 20.6 Å². The molecular formula is C12H24OPS2+. The average molecular weight is 279 g/mol. The number of hydrogen-bond acceptors (Lipinski definition) is 0. The predicted molar refractivity (Wildman–Crippen MR) is 79.2 cm³/mol. The first kappa shape index (κ1) is 13.4. The lowest BCUT2D eigenvalue weighted by Gasteiger charge is -2.28. The molecule has 0 aliphatic heterocycles. The second kappa shape index (κ2) is 6.78. The van der Waals surface area contributed by atoms with Gasteiger partial charge in [-0.25, -0.2) is 0 Å². The molecule has 0 radical (unpaired) electrons. The zero-order valence-electron chi connectivity index (χ0n) is 9.98. The van der Waals surface area contributed by atoms with Gasteiger partial charge in [-0.05, 0) is 25.7 Å². The van der Waals surface area contributed by atoms with Crippen molar-refractivity contribution >= 4 is 28.4 Å². The van der Waals surface area contributed by atoms with Gasteiger partial charge in [-0.15, -0.1) is 0 Å². The summed E-state index contributed by atoms with van der Waals surface area (Å²) in [6, 6.07) is 0. The van der Waals surface area contributed by atoms with Crippen molar-refractivity contribution in [2.24, 2.45) is 0 Å². The summed E-state index contributed by atoms with van der Waals surface area (Å²) in [5, 5.41) is 1.62. The van der Waals surface area contributed by atoms with Crippen LogP contribution in [0.2, 0.25) is 0 Å². The van der Waals surface area contributed by atoms with E-state index < -0.39 is 6.13 Å². The quantitative estimate of drug-likeness (QED) is 0.566. The summed E-state index contributed by atoms with van der Waals surface area (Å²) in [4.78, 5) is 10.1. The molecule has 1 unspecified atom stereocenters. The van der Waals surface area contributed by atoms with Crippen LogP contribution in [0.3, 0.4) is 0 Å². The molecule has 0 spiro atoms. The Morgan fingerprint density at radius 1 is 0.812 bits per heavy atom. The molecule has 0 saturated heterocycles. The summed E-state index contributed by atoms with van der Waals surface area (Å²) < 4.78 is 0. The van der Waals surface area contributed by atoms with Crippen LogP contribution in [-0.2, 0) is 10.1 Å². The lowest BCUT2D eigenvalue weighted by Crippen LogP contribution is -2.28. The van der Waals surface area contributed by atoms with E-state index in [1.165, 1.54) is 64.2 Å². The second-order valence-electron chi connectivity index (χ2n) is 5.12. The Kier molecular flexibility index (Phi) is 5.67. The Balaban J connectivity index is 2.06. The maximum absolute atomic E-state index is 10.1. The SMILES string of the molecule is O[P+](S)=S(C1CCCCC1)C1CCCCC1. The van der Waals surface area contributed by atoms with Gasteiger partial charge >= 0.3 is 6.13 Å². The average Bonchev–Trinajstić information content (AvgIpc) is 2.31. The standard InChI is InChI=1S/C12H24OPS2/c13-14(15)16(11-7-3-1-4-8-11)12-9-5-2-6-10-12/h11-13,15H,1-10H2/q+1. The van der Waals surface area contributed by atoms with Crippen LogP contribution in [0.5, 0.6) is 0 Å². The smallest absolute Gasteiger partial charge is 0.178 e. The normalized spacial score (nSPS) is 26.1. The fourth-order valence-corrected chi connectivity index (χ4v) is 11.1. The fraction of sp³-hybridized carbons (Fsp3) is 1.00. The molecule has 0 bridgehead atoms. The highest BCUT2D eigenvalue weighted by Crippen LogP contribution is 2.41. The van der Waals surface area contributed by atoms with E-state index in [0.717, 1.165) is 10.5 Å². The Morgan fingerprint density at radius 2 is 1.19 bits per heavy atom. The summed E-state index contributed by atoms with van der Waals surface area (Å²) in [5.41, 5.74) is 0. The Bertz CT molecular complexity index is 232. The van der Waals surface area contributed by atoms with E-state index in [4.69, 9.17) is 0 Å². The minimum absolute atomic E-state index is 0.235. The minimum atomic E-state index is -0.987. The highest BCUT2D eigenvalue weighted by Gasteiger charge is 2.32. The molecular weight excluding hydrogens is 255 g/mol. The largest absolute Gasteiger partial charge is 0.353 e. The lowest BCUT2D eigenvalue weighted by molar-refractivity contribution is 0.492. The summed E-state index contributed by atoms with van der Waals surface area (Å²) in [6.45, 7) is 0. The first-order valence-corrected chi connectivity index (χ1v) is 11.1. The molecule has 0 heterocycles. The van der Waals surface area contributed by atoms with Crippen molar-refractivity contribution in [3.8, 4) is 0 Å². The molecule has 94 valence electrons. The minimum Gasteiger partial charge on any atom is -0.178 e. The third-order valence-electron chi connectivity index (χ3n) is 3.98. The zero-order chi connectivity index (χ0) is 11.4. The van der Waals surface area contributed by atoms with Crippen LogP contribution in [0, 0.1) is 0 Å². The molecule has 2 fully saturated rings. The van der Waals surface area contributed by atoms with Crippen LogP contribution in [0.25, 0.3) is 0 Å². The molecule has 16 heavy (non-hydrogen) atoms. The van der Waals surface area contributed by atoms with Crippen LogP contribution >= 0.6 is 18.4 Å². The zero-order valence-corrected chi connectivity index (χ0v) is 12.6. The van der Waals surface area contributed by atoms with Gasteiger partial charge in [0.05, 0.1) is 0 Å². The monoisotopic (exact) mass is 279 g/mol. The van der Waals surface area contributed by atoms with E-state index in [9.17, 15) is 4.89 Å². The van der Waals surface area contributed by atoms with Crippen molar-refractivity contribution in [2.45, 2.75) is 74.7 Å². The van der Waals surface area contributed by atoms with E-state index in [1.54, 1.807) is 0 Å². The second-order valence-corrected chi connectivity index (χ2v) is 11.9. The van der Waals surface area contributed by atoms with Crippen molar-refractivity contribution in [3.05, 3.63) is 0 Å². The van der Waals surface area contributed by atoms with E-state index in [2.05, 4.69) is 12.2 Å². The maximum Gasteiger partial charge on any atom is 0.353 e. The Labute approximate surface area is 108 Å². The van der Waals surface area contributed by atoms with Crippen LogP contribution in [0.4, 0.5) is 0 Å². The van der Waals surface area contributed by atoms with Gasteiger partial charge in [0.15, 0.2) is 0 Å². The van der Waals surface area contributed by atoms with E-state index in [0.29, 0.717) is 0 Å². The van der Waals surface area contributed by atoms with Gasteiger partial charge in [-0.1, -0.05) is 38.5 Å². The molecule has 0 amide bonds. The molecule has 1 N–H and O–H groups in total. The Morgan fingerprint density at radius 3 is 1.50 bits per heavy atom.